The number of hydrogen-bond donors (Lipinski definition) is 3. The minimum absolute atomic E-state index is 0.149. The molecule has 0 fully saturated rings. The van der Waals surface area contributed by atoms with Gasteiger partial charge in [-0.1, -0.05) is 90.4 Å². The van der Waals surface area contributed by atoms with Gasteiger partial charge in [0.05, 0.1) is 0 Å². The Labute approximate surface area is 178 Å². The van der Waals surface area contributed by atoms with E-state index in [1.807, 2.05) is 12.1 Å². The molecule has 0 saturated carbocycles. The van der Waals surface area contributed by atoms with Crippen LogP contribution < -0.4 is 10.6 Å². The molecule has 0 unspecified atom stereocenters. The van der Waals surface area contributed by atoms with E-state index in [-0.39, 0.29) is 11.7 Å². The predicted octanol–water partition coefficient (Wildman–Crippen LogP) is 6.79. The van der Waals surface area contributed by atoms with Crippen molar-refractivity contribution >= 4 is 11.6 Å². The lowest BCUT2D eigenvalue weighted by Crippen LogP contribution is -2.28. The van der Waals surface area contributed by atoms with Gasteiger partial charge < -0.3 is 15.7 Å². The Morgan fingerprint density at radius 1 is 0.724 bits per heavy atom. The van der Waals surface area contributed by atoms with Crippen LogP contribution in [0, 0.1) is 0 Å². The zero-order valence-corrected chi connectivity index (χ0v) is 18.7. The first-order valence-corrected chi connectivity index (χ1v) is 12.0. The molecule has 3 N–H and O–H groups in total. The molecule has 0 bridgehead atoms. The van der Waals surface area contributed by atoms with Crippen molar-refractivity contribution in [1.82, 2.24) is 5.32 Å². The van der Waals surface area contributed by atoms with Crippen LogP contribution in [0.3, 0.4) is 0 Å². The van der Waals surface area contributed by atoms with E-state index in [0.717, 1.165) is 18.5 Å². The van der Waals surface area contributed by atoms with Crippen LogP contribution in [0.15, 0.2) is 24.3 Å². The van der Waals surface area contributed by atoms with Crippen LogP contribution in [0.4, 0.5) is 5.69 Å². The van der Waals surface area contributed by atoms with E-state index in [9.17, 15) is 9.90 Å². The molecular formula is C25H44N2O2. The third kappa shape index (κ3) is 15.8. The molecule has 0 spiro atoms. The molecule has 0 aromatic heterocycles. The maximum absolute atomic E-state index is 11.8. The minimum Gasteiger partial charge on any atom is -0.508 e. The third-order valence-electron chi connectivity index (χ3n) is 5.40. The topological polar surface area (TPSA) is 61.4 Å². The maximum Gasteiger partial charge on any atom is 0.220 e. The Kier molecular flexibility index (Phi) is 16.0. The fraction of sp³-hybridized carbons (Fsp3) is 0.720. The van der Waals surface area contributed by atoms with Gasteiger partial charge in [-0.05, 0) is 30.7 Å². The van der Waals surface area contributed by atoms with E-state index < -0.39 is 0 Å². The lowest BCUT2D eigenvalue weighted by molar-refractivity contribution is -0.121. The predicted molar refractivity (Wildman–Crippen MR) is 125 cm³/mol. The molecule has 0 aliphatic carbocycles. The number of hydrogen-bond acceptors (Lipinski definition) is 3. The molecule has 4 heteroatoms. The minimum atomic E-state index is 0.149. The lowest BCUT2D eigenvalue weighted by atomic mass is 10.0. The zero-order chi connectivity index (χ0) is 21.0. The number of carbonyl (C=O) groups is 1. The summed E-state index contributed by atoms with van der Waals surface area (Å²) in [6, 6.07) is 6.95. The first-order valence-electron chi connectivity index (χ1n) is 12.0. The number of benzene rings is 1. The largest absolute Gasteiger partial charge is 0.508 e. The van der Waals surface area contributed by atoms with Crippen molar-refractivity contribution in [3.8, 4) is 5.75 Å². The first-order chi connectivity index (χ1) is 14.2. The lowest BCUT2D eigenvalue weighted by Gasteiger charge is -2.08. The standard InChI is InChI=1S/C25H44N2O2/c1-2-3-4-5-6-7-8-9-10-11-12-13-14-15-16-25(29)27-22-21-26-23-17-19-24(28)20-18-23/h17-20,26,28H,2-16,21-22H2,1H3,(H,27,29). The Balaban J connectivity index is 1.79. The van der Waals surface area contributed by atoms with Gasteiger partial charge >= 0.3 is 0 Å². The molecular weight excluding hydrogens is 360 g/mol. The van der Waals surface area contributed by atoms with Crippen LogP contribution in [-0.4, -0.2) is 24.1 Å². The number of anilines is 1. The highest BCUT2D eigenvalue weighted by molar-refractivity contribution is 5.75. The highest BCUT2D eigenvalue weighted by Crippen LogP contribution is 2.14. The fourth-order valence-electron chi connectivity index (χ4n) is 3.56. The van der Waals surface area contributed by atoms with Crippen molar-refractivity contribution in [2.75, 3.05) is 18.4 Å². The van der Waals surface area contributed by atoms with Crippen LogP contribution in [0.5, 0.6) is 5.75 Å². The molecule has 1 rings (SSSR count). The summed E-state index contributed by atoms with van der Waals surface area (Å²) in [7, 11) is 0. The number of phenols is 1. The first kappa shape index (κ1) is 25.3. The van der Waals surface area contributed by atoms with E-state index >= 15 is 0 Å². The number of aromatic hydroxyl groups is 1. The summed E-state index contributed by atoms with van der Waals surface area (Å²) in [5.74, 6) is 0.411. The molecule has 29 heavy (non-hydrogen) atoms. The van der Waals surface area contributed by atoms with Crippen LogP contribution in [0.2, 0.25) is 0 Å². The van der Waals surface area contributed by atoms with Gasteiger partial charge in [0.15, 0.2) is 0 Å². The normalized spacial score (nSPS) is 10.8. The van der Waals surface area contributed by atoms with Crippen molar-refractivity contribution in [3.05, 3.63) is 24.3 Å². The molecule has 1 amide bonds. The van der Waals surface area contributed by atoms with Crippen LogP contribution in [0.25, 0.3) is 0 Å². The van der Waals surface area contributed by atoms with E-state index in [4.69, 9.17) is 0 Å². The van der Waals surface area contributed by atoms with Crippen molar-refractivity contribution in [3.63, 3.8) is 0 Å². The van der Waals surface area contributed by atoms with Crippen molar-refractivity contribution < 1.29 is 9.90 Å². The van der Waals surface area contributed by atoms with E-state index in [2.05, 4.69) is 17.6 Å². The van der Waals surface area contributed by atoms with Gasteiger partial charge in [-0.15, -0.1) is 0 Å². The quantitative estimate of drug-likeness (QED) is 0.176. The molecule has 0 radical (unpaired) electrons. The zero-order valence-electron chi connectivity index (χ0n) is 18.7. The average molecular weight is 405 g/mol. The van der Waals surface area contributed by atoms with Gasteiger partial charge in [0.2, 0.25) is 5.91 Å². The fourth-order valence-corrected chi connectivity index (χ4v) is 3.56. The van der Waals surface area contributed by atoms with Gasteiger partial charge in [-0.2, -0.15) is 0 Å². The van der Waals surface area contributed by atoms with Crippen molar-refractivity contribution in [1.29, 1.82) is 0 Å². The van der Waals surface area contributed by atoms with E-state index in [1.165, 1.54) is 77.0 Å². The second-order valence-corrected chi connectivity index (χ2v) is 8.17. The monoisotopic (exact) mass is 404 g/mol. The third-order valence-corrected chi connectivity index (χ3v) is 5.40. The number of amides is 1. The Hall–Kier alpha value is -1.71. The van der Waals surface area contributed by atoms with Gasteiger partial charge in [-0.25, -0.2) is 0 Å². The summed E-state index contributed by atoms with van der Waals surface area (Å²) in [6.07, 6.45) is 19.3. The van der Waals surface area contributed by atoms with Gasteiger partial charge in [-0.3, -0.25) is 4.79 Å². The van der Waals surface area contributed by atoms with Crippen molar-refractivity contribution in [2.45, 2.75) is 103 Å². The summed E-state index contributed by atoms with van der Waals surface area (Å²) in [5.41, 5.74) is 0.948. The van der Waals surface area contributed by atoms with E-state index in [0.29, 0.717) is 19.5 Å². The molecule has 1 aromatic rings. The van der Waals surface area contributed by atoms with Crippen molar-refractivity contribution in [2.24, 2.45) is 0 Å². The van der Waals surface area contributed by atoms with Gasteiger partial charge in [0.1, 0.15) is 5.75 Å². The molecule has 0 heterocycles. The Bertz CT molecular complexity index is 502. The summed E-state index contributed by atoms with van der Waals surface area (Å²) in [6.45, 7) is 3.59. The van der Waals surface area contributed by atoms with Gasteiger partial charge in [0.25, 0.3) is 0 Å². The smallest absolute Gasteiger partial charge is 0.220 e. The number of nitrogens with one attached hydrogen (secondary N) is 2. The summed E-state index contributed by atoms with van der Waals surface area (Å²) < 4.78 is 0. The molecule has 166 valence electrons. The SMILES string of the molecule is CCCCCCCCCCCCCCCCC(=O)NCCNc1ccc(O)cc1. The number of carbonyl (C=O) groups excluding carboxylic acids is 1. The van der Waals surface area contributed by atoms with Crippen LogP contribution in [-0.2, 0) is 4.79 Å². The summed E-state index contributed by atoms with van der Waals surface area (Å²) >= 11 is 0. The molecule has 1 aromatic carbocycles. The average Bonchev–Trinajstić information content (AvgIpc) is 2.72. The highest BCUT2D eigenvalue weighted by Gasteiger charge is 2.01. The molecule has 0 saturated heterocycles. The highest BCUT2D eigenvalue weighted by atomic mass is 16.3. The van der Waals surface area contributed by atoms with Crippen LogP contribution in [0.1, 0.15) is 103 Å². The number of phenolic OH excluding ortho intramolecular Hbond substituents is 1. The number of unbranched alkanes of at least 4 members (excludes halogenated alkanes) is 13. The van der Waals surface area contributed by atoms with Crippen LogP contribution >= 0.6 is 0 Å². The Morgan fingerprint density at radius 3 is 1.72 bits per heavy atom. The molecule has 0 aliphatic heterocycles. The molecule has 0 atom stereocenters. The summed E-state index contributed by atoms with van der Waals surface area (Å²) in [4.78, 5) is 11.8. The molecule has 0 aliphatic rings. The Morgan fingerprint density at radius 2 is 1.21 bits per heavy atom. The maximum atomic E-state index is 11.8. The number of rotatable bonds is 19. The second-order valence-electron chi connectivity index (χ2n) is 8.17. The molecule has 4 nitrogen and oxygen atoms in total. The second kappa shape index (κ2) is 18.3. The van der Waals surface area contributed by atoms with E-state index in [1.54, 1.807) is 12.1 Å². The summed E-state index contributed by atoms with van der Waals surface area (Å²) in [5, 5.41) is 15.4. The van der Waals surface area contributed by atoms with Gasteiger partial charge in [0, 0.05) is 25.2 Å².